The molecule has 1 aromatic heterocycles. The van der Waals surface area contributed by atoms with Gasteiger partial charge in [0.1, 0.15) is 10.7 Å². The minimum Gasteiger partial charge on any atom is -0.465 e. The van der Waals surface area contributed by atoms with Gasteiger partial charge in [-0.2, -0.15) is 0 Å². The molecule has 17 heavy (non-hydrogen) atoms. The molecule has 1 heterocycles. The highest BCUT2D eigenvalue weighted by atomic mass is 32.1. The SMILES string of the molecule is COC(=O)c1cnc(Nc2ccccc2F)s1. The van der Waals surface area contributed by atoms with E-state index in [1.807, 2.05) is 0 Å². The second kappa shape index (κ2) is 4.92. The molecular weight excluding hydrogens is 243 g/mol. The lowest BCUT2D eigenvalue weighted by Gasteiger charge is -2.02. The van der Waals surface area contributed by atoms with Crippen LogP contribution < -0.4 is 5.32 Å². The van der Waals surface area contributed by atoms with Crippen LogP contribution in [0.15, 0.2) is 30.5 Å². The molecule has 0 saturated carbocycles. The summed E-state index contributed by atoms with van der Waals surface area (Å²) in [4.78, 5) is 15.5. The molecule has 2 aromatic rings. The Labute approximate surface area is 101 Å². The van der Waals surface area contributed by atoms with Gasteiger partial charge in [0.25, 0.3) is 0 Å². The lowest BCUT2D eigenvalue weighted by Crippen LogP contribution is -1.96. The van der Waals surface area contributed by atoms with Gasteiger partial charge in [-0.05, 0) is 12.1 Å². The van der Waals surface area contributed by atoms with Crippen molar-refractivity contribution in [1.29, 1.82) is 0 Å². The molecule has 0 saturated heterocycles. The van der Waals surface area contributed by atoms with E-state index in [1.165, 1.54) is 19.4 Å². The number of aromatic nitrogens is 1. The standard InChI is InChI=1S/C11H9FN2O2S/c1-16-10(15)9-6-13-11(17-9)14-8-5-3-2-4-7(8)12/h2-6H,1H3,(H,13,14). The molecular formula is C11H9FN2O2S. The number of methoxy groups -OCH3 is 1. The first-order valence-electron chi connectivity index (χ1n) is 4.76. The Hall–Kier alpha value is -1.95. The fourth-order valence-electron chi connectivity index (χ4n) is 1.20. The van der Waals surface area contributed by atoms with E-state index >= 15 is 0 Å². The molecule has 0 radical (unpaired) electrons. The summed E-state index contributed by atoms with van der Waals surface area (Å²) in [5.74, 6) is -0.827. The highest BCUT2D eigenvalue weighted by Crippen LogP contribution is 2.24. The third-order valence-corrected chi connectivity index (χ3v) is 2.90. The van der Waals surface area contributed by atoms with Crippen molar-refractivity contribution in [1.82, 2.24) is 4.98 Å². The summed E-state index contributed by atoms with van der Waals surface area (Å²) in [5.41, 5.74) is 0.318. The van der Waals surface area contributed by atoms with Crippen LogP contribution in [0.1, 0.15) is 9.67 Å². The Bertz CT molecular complexity index is 542. The Balaban J connectivity index is 2.17. The van der Waals surface area contributed by atoms with Crippen molar-refractivity contribution in [3.8, 4) is 0 Å². The van der Waals surface area contributed by atoms with Gasteiger partial charge in [-0.3, -0.25) is 0 Å². The molecule has 0 aliphatic heterocycles. The molecule has 0 fully saturated rings. The Morgan fingerprint density at radius 2 is 2.24 bits per heavy atom. The number of esters is 1. The summed E-state index contributed by atoms with van der Waals surface area (Å²) in [6.07, 6.45) is 1.39. The fourth-order valence-corrected chi connectivity index (χ4v) is 1.95. The second-order valence-electron chi connectivity index (χ2n) is 3.13. The van der Waals surface area contributed by atoms with E-state index in [1.54, 1.807) is 18.2 Å². The number of nitrogens with zero attached hydrogens (tertiary/aromatic N) is 1. The van der Waals surface area contributed by atoms with Crippen molar-refractivity contribution < 1.29 is 13.9 Å². The molecule has 4 nitrogen and oxygen atoms in total. The molecule has 0 aliphatic carbocycles. The molecule has 88 valence electrons. The average molecular weight is 252 g/mol. The van der Waals surface area contributed by atoms with Crippen molar-refractivity contribution in [3.05, 3.63) is 41.2 Å². The van der Waals surface area contributed by atoms with Crippen molar-refractivity contribution in [2.45, 2.75) is 0 Å². The number of hydrogen-bond acceptors (Lipinski definition) is 5. The molecule has 0 aliphatic rings. The molecule has 1 N–H and O–H groups in total. The van der Waals surface area contributed by atoms with Gasteiger partial charge in [0.15, 0.2) is 5.13 Å². The summed E-state index contributed by atoms with van der Waals surface area (Å²) in [6.45, 7) is 0. The number of nitrogens with one attached hydrogen (secondary N) is 1. The monoisotopic (exact) mass is 252 g/mol. The van der Waals surface area contributed by atoms with E-state index in [2.05, 4.69) is 15.0 Å². The summed E-state index contributed by atoms with van der Waals surface area (Å²) >= 11 is 1.11. The minimum atomic E-state index is -0.455. The molecule has 0 bridgehead atoms. The van der Waals surface area contributed by atoms with Crippen molar-refractivity contribution in [3.63, 3.8) is 0 Å². The van der Waals surface area contributed by atoms with Crippen LogP contribution in [-0.2, 0) is 4.74 Å². The first kappa shape index (κ1) is 11.5. The minimum absolute atomic E-state index is 0.318. The van der Waals surface area contributed by atoms with Gasteiger partial charge in [-0.25, -0.2) is 14.2 Å². The fraction of sp³-hybridized carbons (Fsp3) is 0.0909. The van der Waals surface area contributed by atoms with Crippen LogP contribution in [0.25, 0.3) is 0 Å². The van der Waals surface area contributed by atoms with Gasteiger partial charge in [0.2, 0.25) is 0 Å². The van der Waals surface area contributed by atoms with Crippen molar-refractivity contribution in [2.75, 3.05) is 12.4 Å². The maximum atomic E-state index is 13.3. The van der Waals surface area contributed by atoms with Crippen LogP contribution >= 0.6 is 11.3 Å². The number of hydrogen-bond donors (Lipinski definition) is 1. The molecule has 0 amide bonds. The van der Waals surface area contributed by atoms with E-state index < -0.39 is 5.97 Å². The molecule has 2 rings (SSSR count). The highest BCUT2D eigenvalue weighted by Gasteiger charge is 2.11. The number of thiazole rings is 1. The largest absolute Gasteiger partial charge is 0.465 e. The van der Waals surface area contributed by atoms with E-state index in [9.17, 15) is 9.18 Å². The van der Waals surface area contributed by atoms with Crippen LogP contribution in [0.3, 0.4) is 0 Å². The van der Waals surface area contributed by atoms with E-state index in [0.717, 1.165) is 11.3 Å². The third-order valence-electron chi connectivity index (χ3n) is 2.01. The van der Waals surface area contributed by atoms with E-state index in [-0.39, 0.29) is 5.82 Å². The van der Waals surface area contributed by atoms with Gasteiger partial charge >= 0.3 is 5.97 Å². The maximum absolute atomic E-state index is 13.3. The van der Waals surface area contributed by atoms with Crippen LogP contribution in [0.5, 0.6) is 0 Å². The molecule has 0 atom stereocenters. The Morgan fingerprint density at radius 3 is 2.94 bits per heavy atom. The van der Waals surface area contributed by atoms with Crippen LogP contribution in [0.2, 0.25) is 0 Å². The first-order valence-corrected chi connectivity index (χ1v) is 5.58. The van der Waals surface area contributed by atoms with Crippen LogP contribution in [0.4, 0.5) is 15.2 Å². The van der Waals surface area contributed by atoms with Crippen LogP contribution in [-0.4, -0.2) is 18.1 Å². The summed E-state index contributed by atoms with van der Waals surface area (Å²) in [5, 5.41) is 3.24. The number of benzene rings is 1. The average Bonchev–Trinajstić information content (AvgIpc) is 2.80. The summed E-state index contributed by atoms with van der Waals surface area (Å²) in [7, 11) is 1.30. The molecule has 6 heteroatoms. The predicted molar refractivity (Wildman–Crippen MR) is 63.1 cm³/mol. The van der Waals surface area contributed by atoms with E-state index in [4.69, 9.17) is 0 Å². The van der Waals surface area contributed by atoms with Gasteiger partial charge in [0.05, 0.1) is 19.0 Å². The smallest absolute Gasteiger partial charge is 0.349 e. The molecule has 0 spiro atoms. The zero-order valence-corrected chi connectivity index (χ0v) is 9.75. The molecule has 1 aromatic carbocycles. The lowest BCUT2D eigenvalue weighted by atomic mass is 10.3. The predicted octanol–water partition coefficient (Wildman–Crippen LogP) is 2.81. The van der Waals surface area contributed by atoms with E-state index in [0.29, 0.717) is 15.7 Å². The van der Waals surface area contributed by atoms with Gasteiger partial charge < -0.3 is 10.1 Å². The third kappa shape index (κ3) is 2.59. The highest BCUT2D eigenvalue weighted by molar-refractivity contribution is 7.17. The summed E-state index contributed by atoms with van der Waals surface area (Å²) < 4.78 is 17.9. The Morgan fingerprint density at radius 1 is 1.47 bits per heavy atom. The maximum Gasteiger partial charge on any atom is 0.349 e. The number of rotatable bonds is 3. The topological polar surface area (TPSA) is 51.2 Å². The lowest BCUT2D eigenvalue weighted by molar-refractivity contribution is 0.0606. The normalized spacial score (nSPS) is 10.0. The molecule has 0 unspecified atom stereocenters. The van der Waals surface area contributed by atoms with Gasteiger partial charge in [0, 0.05) is 0 Å². The quantitative estimate of drug-likeness (QED) is 0.853. The van der Waals surface area contributed by atoms with Crippen molar-refractivity contribution >= 4 is 28.1 Å². The van der Waals surface area contributed by atoms with Gasteiger partial charge in [-0.15, -0.1) is 0 Å². The number of carbonyl (C=O) groups is 1. The number of anilines is 2. The summed E-state index contributed by atoms with van der Waals surface area (Å²) in [6, 6.07) is 6.24. The van der Waals surface area contributed by atoms with Crippen molar-refractivity contribution in [2.24, 2.45) is 0 Å². The first-order chi connectivity index (χ1) is 8.20. The zero-order chi connectivity index (χ0) is 12.3. The van der Waals surface area contributed by atoms with Crippen LogP contribution in [0, 0.1) is 5.82 Å². The number of ether oxygens (including phenoxy) is 1. The Kier molecular flexibility index (Phi) is 3.34. The number of carbonyl (C=O) groups excluding carboxylic acids is 1. The zero-order valence-electron chi connectivity index (χ0n) is 8.94. The number of halogens is 1. The second-order valence-corrected chi connectivity index (χ2v) is 4.16. The number of para-hydroxylation sites is 1. The van der Waals surface area contributed by atoms with Gasteiger partial charge in [-0.1, -0.05) is 23.5 Å².